The predicted octanol–water partition coefficient (Wildman–Crippen LogP) is 2.30. The van der Waals surface area contributed by atoms with Crippen molar-refractivity contribution >= 4 is 11.6 Å². The van der Waals surface area contributed by atoms with Crippen molar-refractivity contribution in [2.24, 2.45) is 0 Å². The third-order valence-corrected chi connectivity index (χ3v) is 2.97. The van der Waals surface area contributed by atoms with Crippen LogP contribution in [0.4, 0.5) is 0 Å². The normalized spacial score (nSPS) is 11.0. The van der Waals surface area contributed by atoms with Crippen LogP contribution in [-0.2, 0) is 6.54 Å². The molecule has 15 heavy (non-hydrogen) atoms. The summed E-state index contributed by atoms with van der Waals surface area (Å²) in [6.45, 7) is 5.08. The largest absolute Gasteiger partial charge is 0.318 e. The smallest absolute Gasteiger partial charge is 0.0438 e. The molecule has 0 aromatic heterocycles. The first-order valence-electron chi connectivity index (χ1n) is 5.22. The van der Waals surface area contributed by atoms with Crippen molar-refractivity contribution < 1.29 is 0 Å². The van der Waals surface area contributed by atoms with Gasteiger partial charge in [0.2, 0.25) is 0 Å². The van der Waals surface area contributed by atoms with Crippen LogP contribution >= 0.6 is 11.6 Å². The fraction of sp³-hybridized carbons (Fsp3) is 0.500. The maximum Gasteiger partial charge on any atom is 0.0438 e. The molecule has 0 bridgehead atoms. The summed E-state index contributed by atoms with van der Waals surface area (Å²) in [4.78, 5) is 2.29. The Balaban J connectivity index is 2.60. The van der Waals surface area contributed by atoms with Crippen LogP contribution in [-0.4, -0.2) is 32.1 Å². The zero-order valence-corrected chi connectivity index (χ0v) is 10.4. The van der Waals surface area contributed by atoms with Crippen LogP contribution in [0.15, 0.2) is 18.2 Å². The van der Waals surface area contributed by atoms with Crippen LogP contribution in [0.2, 0.25) is 5.02 Å². The van der Waals surface area contributed by atoms with E-state index in [0.717, 1.165) is 24.7 Å². The lowest BCUT2D eigenvalue weighted by atomic mass is 10.1. The molecule has 0 unspecified atom stereocenters. The van der Waals surface area contributed by atoms with Crippen LogP contribution in [0.25, 0.3) is 0 Å². The molecule has 0 aliphatic carbocycles. The number of nitrogens with zero attached hydrogens (tertiary/aromatic N) is 1. The van der Waals surface area contributed by atoms with E-state index in [1.54, 1.807) is 0 Å². The summed E-state index contributed by atoms with van der Waals surface area (Å²) >= 11 is 6.07. The van der Waals surface area contributed by atoms with E-state index in [1.165, 1.54) is 11.1 Å². The van der Waals surface area contributed by atoms with Crippen LogP contribution in [0.3, 0.4) is 0 Å². The molecule has 0 aliphatic heterocycles. The van der Waals surface area contributed by atoms with E-state index in [9.17, 15) is 0 Å². The molecule has 2 nitrogen and oxygen atoms in total. The lowest BCUT2D eigenvalue weighted by molar-refractivity contribution is 0.327. The Morgan fingerprint density at radius 2 is 2.13 bits per heavy atom. The van der Waals surface area contributed by atoms with Crippen LogP contribution in [0, 0.1) is 6.92 Å². The SMILES string of the molecule is CNCCN(C)Cc1cccc(Cl)c1C. The fourth-order valence-corrected chi connectivity index (χ4v) is 1.69. The third kappa shape index (κ3) is 3.82. The average molecular weight is 227 g/mol. The summed E-state index contributed by atoms with van der Waals surface area (Å²) in [5.74, 6) is 0. The average Bonchev–Trinajstić information content (AvgIpc) is 2.22. The van der Waals surface area contributed by atoms with E-state index < -0.39 is 0 Å². The molecule has 3 heteroatoms. The molecule has 0 aliphatic rings. The van der Waals surface area contributed by atoms with Gasteiger partial charge in [-0.25, -0.2) is 0 Å². The van der Waals surface area contributed by atoms with Gasteiger partial charge in [-0.3, -0.25) is 0 Å². The lowest BCUT2D eigenvalue weighted by Crippen LogP contribution is -2.27. The van der Waals surface area contributed by atoms with Crippen LogP contribution < -0.4 is 5.32 Å². The summed E-state index contributed by atoms with van der Waals surface area (Å²) in [5, 5.41) is 4.00. The van der Waals surface area contributed by atoms with Crippen molar-refractivity contribution in [2.75, 3.05) is 27.2 Å². The first-order valence-corrected chi connectivity index (χ1v) is 5.60. The zero-order valence-electron chi connectivity index (χ0n) is 9.68. The molecule has 1 aromatic rings. The summed E-state index contributed by atoms with van der Waals surface area (Å²) in [6, 6.07) is 6.08. The maximum atomic E-state index is 6.07. The van der Waals surface area contributed by atoms with E-state index in [-0.39, 0.29) is 0 Å². The summed E-state index contributed by atoms with van der Waals surface area (Å²) < 4.78 is 0. The molecule has 0 spiro atoms. The molecule has 1 rings (SSSR count). The van der Waals surface area contributed by atoms with E-state index in [4.69, 9.17) is 11.6 Å². The minimum Gasteiger partial charge on any atom is -0.318 e. The predicted molar refractivity (Wildman–Crippen MR) is 66.4 cm³/mol. The van der Waals surface area contributed by atoms with Crippen molar-refractivity contribution in [2.45, 2.75) is 13.5 Å². The van der Waals surface area contributed by atoms with Gasteiger partial charge in [0.25, 0.3) is 0 Å². The number of likely N-dealkylation sites (N-methyl/N-ethyl adjacent to an activating group) is 2. The molecule has 0 heterocycles. The van der Waals surface area contributed by atoms with Crippen molar-refractivity contribution in [1.29, 1.82) is 0 Å². The molecule has 1 N–H and O–H groups in total. The summed E-state index contributed by atoms with van der Waals surface area (Å²) in [7, 11) is 4.09. The molecule has 1 aromatic carbocycles. The minimum absolute atomic E-state index is 0.856. The summed E-state index contributed by atoms with van der Waals surface area (Å²) in [6.07, 6.45) is 0. The van der Waals surface area contributed by atoms with E-state index in [2.05, 4.69) is 30.3 Å². The molecule has 0 fully saturated rings. The number of nitrogens with one attached hydrogen (secondary N) is 1. The van der Waals surface area contributed by atoms with E-state index >= 15 is 0 Å². The van der Waals surface area contributed by atoms with E-state index in [1.807, 2.05) is 19.2 Å². The van der Waals surface area contributed by atoms with Gasteiger partial charge in [0.15, 0.2) is 0 Å². The second-order valence-corrected chi connectivity index (χ2v) is 4.27. The van der Waals surface area contributed by atoms with Crippen molar-refractivity contribution in [1.82, 2.24) is 10.2 Å². The first kappa shape index (κ1) is 12.5. The lowest BCUT2D eigenvalue weighted by Gasteiger charge is -2.18. The quantitative estimate of drug-likeness (QED) is 0.829. The molecule has 84 valence electrons. The Bertz CT molecular complexity index is 312. The monoisotopic (exact) mass is 226 g/mol. The Hall–Kier alpha value is -0.570. The third-order valence-electron chi connectivity index (χ3n) is 2.56. The van der Waals surface area contributed by atoms with Gasteiger partial charge in [0.05, 0.1) is 0 Å². The van der Waals surface area contributed by atoms with E-state index in [0.29, 0.717) is 0 Å². The number of hydrogen-bond donors (Lipinski definition) is 1. The molecule has 0 amide bonds. The molecular formula is C12H19ClN2. The van der Waals surface area contributed by atoms with Gasteiger partial charge in [-0.15, -0.1) is 0 Å². The number of rotatable bonds is 5. The second kappa shape index (κ2) is 6.11. The highest BCUT2D eigenvalue weighted by Gasteiger charge is 2.04. The number of hydrogen-bond acceptors (Lipinski definition) is 2. The van der Waals surface area contributed by atoms with Gasteiger partial charge < -0.3 is 10.2 Å². The van der Waals surface area contributed by atoms with Gasteiger partial charge >= 0.3 is 0 Å². The minimum atomic E-state index is 0.856. The highest BCUT2D eigenvalue weighted by atomic mass is 35.5. The first-order chi connectivity index (χ1) is 7.15. The van der Waals surface area contributed by atoms with Gasteiger partial charge in [-0.2, -0.15) is 0 Å². The highest BCUT2D eigenvalue weighted by molar-refractivity contribution is 6.31. The molecule has 0 radical (unpaired) electrons. The van der Waals surface area contributed by atoms with Crippen molar-refractivity contribution in [3.05, 3.63) is 34.3 Å². The maximum absolute atomic E-state index is 6.07. The molecule has 0 saturated carbocycles. The Labute approximate surface area is 97.2 Å². The van der Waals surface area contributed by atoms with Crippen molar-refractivity contribution in [3.63, 3.8) is 0 Å². The molecular weight excluding hydrogens is 208 g/mol. The van der Waals surface area contributed by atoms with Gasteiger partial charge in [-0.05, 0) is 38.2 Å². The molecule has 0 atom stereocenters. The van der Waals surface area contributed by atoms with Gasteiger partial charge in [0.1, 0.15) is 0 Å². The zero-order chi connectivity index (χ0) is 11.3. The summed E-state index contributed by atoms with van der Waals surface area (Å²) in [5.41, 5.74) is 2.50. The van der Waals surface area contributed by atoms with Crippen LogP contribution in [0.5, 0.6) is 0 Å². The van der Waals surface area contributed by atoms with Crippen molar-refractivity contribution in [3.8, 4) is 0 Å². The standard InChI is InChI=1S/C12H19ClN2/c1-10-11(5-4-6-12(10)13)9-15(3)8-7-14-2/h4-6,14H,7-9H2,1-3H3. The van der Waals surface area contributed by atoms with Crippen LogP contribution in [0.1, 0.15) is 11.1 Å². The van der Waals surface area contributed by atoms with Gasteiger partial charge in [0, 0.05) is 24.7 Å². The number of benzene rings is 1. The van der Waals surface area contributed by atoms with Gasteiger partial charge in [-0.1, -0.05) is 23.7 Å². The topological polar surface area (TPSA) is 15.3 Å². The Morgan fingerprint density at radius 3 is 2.80 bits per heavy atom. The molecule has 0 saturated heterocycles. The Kier molecular flexibility index (Phi) is 5.09. The Morgan fingerprint density at radius 1 is 1.40 bits per heavy atom. The highest BCUT2D eigenvalue weighted by Crippen LogP contribution is 2.19. The fourth-order valence-electron chi connectivity index (χ4n) is 1.50. The number of halogens is 1. The second-order valence-electron chi connectivity index (χ2n) is 3.87.